The smallest absolute Gasteiger partial charge is 0.193 e. The lowest BCUT2D eigenvalue weighted by Gasteiger charge is -2.17. The molecule has 0 aliphatic carbocycles. The predicted octanol–water partition coefficient (Wildman–Crippen LogP) is 2.93. The molecule has 0 saturated carbocycles. The number of nitrogens with zero attached hydrogens (tertiary/aromatic N) is 3. The molecule has 2 heterocycles. The van der Waals surface area contributed by atoms with Crippen LogP contribution >= 0.6 is 0 Å². The van der Waals surface area contributed by atoms with Gasteiger partial charge in [0.25, 0.3) is 0 Å². The Kier molecular flexibility index (Phi) is 5.38. The third-order valence-corrected chi connectivity index (χ3v) is 4.20. The number of hydrogen-bond acceptors (Lipinski definition) is 4. The minimum atomic E-state index is 0.380. The summed E-state index contributed by atoms with van der Waals surface area (Å²) in [6, 6.07) is 11.8. The van der Waals surface area contributed by atoms with Crippen LogP contribution in [0.1, 0.15) is 24.1 Å². The molecule has 25 heavy (non-hydrogen) atoms. The molecule has 2 aromatic rings. The Balaban J connectivity index is 1.67. The summed E-state index contributed by atoms with van der Waals surface area (Å²) in [7, 11) is 1.64. The predicted molar refractivity (Wildman–Crippen MR) is 102 cm³/mol. The van der Waals surface area contributed by atoms with Crippen LogP contribution in [0, 0.1) is 6.92 Å². The highest BCUT2D eigenvalue weighted by Gasteiger charge is 2.14. The van der Waals surface area contributed by atoms with Gasteiger partial charge in [-0.2, -0.15) is 0 Å². The van der Waals surface area contributed by atoms with Gasteiger partial charge in [0.15, 0.2) is 5.96 Å². The normalized spacial score (nSPS) is 14.6. The summed E-state index contributed by atoms with van der Waals surface area (Å²) in [6.45, 7) is 4.70. The van der Waals surface area contributed by atoms with Gasteiger partial charge in [-0.05, 0) is 49.6 Å². The maximum absolute atomic E-state index is 6.02. The molecular weight excluding hydrogens is 314 g/mol. The number of methoxy groups -OCH3 is 1. The van der Waals surface area contributed by atoms with Crippen molar-refractivity contribution in [1.82, 2.24) is 4.98 Å². The number of nitrogens with two attached hydrogens (primary N) is 1. The average Bonchev–Trinajstić information content (AvgIpc) is 3.14. The molecule has 1 fully saturated rings. The zero-order valence-corrected chi connectivity index (χ0v) is 14.8. The summed E-state index contributed by atoms with van der Waals surface area (Å²) in [5.74, 6) is 2.20. The van der Waals surface area contributed by atoms with E-state index in [0.29, 0.717) is 12.5 Å². The van der Waals surface area contributed by atoms with E-state index in [-0.39, 0.29) is 0 Å². The molecule has 1 aliphatic rings. The van der Waals surface area contributed by atoms with Gasteiger partial charge in [-0.15, -0.1) is 0 Å². The standard InChI is InChI=1S/C19H25N5O/c1-14-10-15(11-18(22-14)24-8-3-4-9-24)13-21-19(20)23-16-6-5-7-17(12-16)25-2/h5-7,10-12H,3-4,8-9,13H2,1-2H3,(H3,20,21,23). The molecule has 1 aromatic heterocycles. The van der Waals surface area contributed by atoms with Crippen LogP contribution < -0.4 is 20.7 Å². The highest BCUT2D eigenvalue weighted by molar-refractivity contribution is 5.92. The minimum absolute atomic E-state index is 0.380. The van der Waals surface area contributed by atoms with Crippen molar-refractivity contribution in [1.29, 1.82) is 0 Å². The van der Waals surface area contributed by atoms with E-state index in [9.17, 15) is 0 Å². The molecule has 3 N–H and O–H groups in total. The summed E-state index contributed by atoms with van der Waals surface area (Å²) < 4.78 is 5.21. The van der Waals surface area contributed by atoms with Crippen LogP contribution in [0.4, 0.5) is 11.5 Å². The molecule has 0 spiro atoms. The Morgan fingerprint density at radius 2 is 2.08 bits per heavy atom. The fourth-order valence-electron chi connectivity index (χ4n) is 2.99. The molecular formula is C19H25N5O. The number of rotatable bonds is 5. The van der Waals surface area contributed by atoms with Gasteiger partial charge in [-0.3, -0.25) is 0 Å². The fraction of sp³-hybridized carbons (Fsp3) is 0.368. The van der Waals surface area contributed by atoms with Crippen LogP contribution in [-0.4, -0.2) is 31.1 Å². The van der Waals surface area contributed by atoms with Crippen LogP contribution in [0.25, 0.3) is 0 Å². The van der Waals surface area contributed by atoms with Crippen molar-refractivity contribution in [2.24, 2.45) is 10.7 Å². The summed E-state index contributed by atoms with van der Waals surface area (Å²) in [4.78, 5) is 11.4. The molecule has 0 atom stereocenters. The molecule has 6 heteroatoms. The fourth-order valence-corrected chi connectivity index (χ4v) is 2.99. The maximum Gasteiger partial charge on any atom is 0.193 e. The lowest BCUT2D eigenvalue weighted by atomic mass is 10.2. The van der Waals surface area contributed by atoms with Gasteiger partial charge in [0, 0.05) is 30.5 Å². The van der Waals surface area contributed by atoms with Gasteiger partial charge in [0.2, 0.25) is 0 Å². The van der Waals surface area contributed by atoms with E-state index in [1.807, 2.05) is 31.2 Å². The van der Waals surface area contributed by atoms with E-state index in [0.717, 1.165) is 41.6 Å². The van der Waals surface area contributed by atoms with Crippen LogP contribution in [0.3, 0.4) is 0 Å². The summed E-state index contributed by atoms with van der Waals surface area (Å²) in [5, 5.41) is 3.09. The van der Waals surface area contributed by atoms with Gasteiger partial charge in [0.05, 0.1) is 13.7 Å². The van der Waals surface area contributed by atoms with Crippen molar-refractivity contribution in [3.8, 4) is 5.75 Å². The van der Waals surface area contributed by atoms with Crippen molar-refractivity contribution in [3.05, 3.63) is 47.7 Å². The van der Waals surface area contributed by atoms with E-state index < -0.39 is 0 Å². The molecule has 0 radical (unpaired) electrons. The third kappa shape index (κ3) is 4.62. The zero-order valence-electron chi connectivity index (χ0n) is 14.8. The number of hydrogen-bond donors (Lipinski definition) is 2. The van der Waals surface area contributed by atoms with Gasteiger partial charge >= 0.3 is 0 Å². The van der Waals surface area contributed by atoms with E-state index >= 15 is 0 Å². The zero-order chi connectivity index (χ0) is 17.6. The van der Waals surface area contributed by atoms with Gasteiger partial charge in [-0.25, -0.2) is 9.98 Å². The number of anilines is 2. The largest absolute Gasteiger partial charge is 0.497 e. The summed E-state index contributed by atoms with van der Waals surface area (Å²) in [5.41, 5.74) is 8.99. The number of ether oxygens (including phenoxy) is 1. The van der Waals surface area contributed by atoms with E-state index in [1.54, 1.807) is 7.11 Å². The first-order chi connectivity index (χ1) is 12.1. The van der Waals surface area contributed by atoms with Gasteiger partial charge in [-0.1, -0.05) is 6.07 Å². The molecule has 6 nitrogen and oxygen atoms in total. The highest BCUT2D eigenvalue weighted by atomic mass is 16.5. The lowest BCUT2D eigenvalue weighted by Crippen LogP contribution is -2.22. The molecule has 1 aromatic carbocycles. The molecule has 0 unspecified atom stereocenters. The molecule has 0 amide bonds. The first-order valence-corrected chi connectivity index (χ1v) is 8.57. The molecule has 1 saturated heterocycles. The molecule has 1 aliphatic heterocycles. The second-order valence-electron chi connectivity index (χ2n) is 6.23. The first kappa shape index (κ1) is 17.1. The monoisotopic (exact) mass is 339 g/mol. The van der Waals surface area contributed by atoms with Crippen molar-refractivity contribution in [3.63, 3.8) is 0 Å². The Morgan fingerprint density at radius 1 is 1.28 bits per heavy atom. The number of aryl methyl sites for hydroxylation is 1. The lowest BCUT2D eigenvalue weighted by molar-refractivity contribution is 0.415. The minimum Gasteiger partial charge on any atom is -0.497 e. The van der Waals surface area contributed by atoms with Crippen molar-refractivity contribution >= 4 is 17.5 Å². The SMILES string of the molecule is COc1cccc(NC(N)=NCc2cc(C)nc(N3CCCC3)c2)c1. The number of benzene rings is 1. The van der Waals surface area contributed by atoms with E-state index in [2.05, 4.69) is 32.3 Å². The second-order valence-corrected chi connectivity index (χ2v) is 6.23. The molecule has 0 bridgehead atoms. The molecule has 132 valence electrons. The summed E-state index contributed by atoms with van der Waals surface area (Å²) >= 11 is 0. The van der Waals surface area contributed by atoms with E-state index in [1.165, 1.54) is 12.8 Å². The van der Waals surface area contributed by atoms with Crippen LogP contribution in [-0.2, 0) is 6.54 Å². The Bertz CT molecular complexity index is 753. The van der Waals surface area contributed by atoms with Crippen molar-refractivity contribution < 1.29 is 4.74 Å². The Labute approximate surface area is 148 Å². The quantitative estimate of drug-likeness (QED) is 0.647. The van der Waals surface area contributed by atoms with Crippen molar-refractivity contribution in [2.45, 2.75) is 26.3 Å². The number of guanidine groups is 1. The topological polar surface area (TPSA) is 75.8 Å². The number of nitrogens with one attached hydrogen (secondary N) is 1. The van der Waals surface area contributed by atoms with E-state index in [4.69, 9.17) is 10.5 Å². The molecule has 3 rings (SSSR count). The van der Waals surface area contributed by atoms with Crippen molar-refractivity contribution in [2.75, 3.05) is 30.4 Å². The van der Waals surface area contributed by atoms with Gasteiger partial charge < -0.3 is 20.7 Å². The Hall–Kier alpha value is -2.76. The van der Waals surface area contributed by atoms with Crippen LogP contribution in [0.2, 0.25) is 0 Å². The highest BCUT2D eigenvalue weighted by Crippen LogP contribution is 2.20. The average molecular weight is 339 g/mol. The number of pyridine rings is 1. The first-order valence-electron chi connectivity index (χ1n) is 8.57. The Morgan fingerprint density at radius 3 is 2.84 bits per heavy atom. The van der Waals surface area contributed by atoms with Crippen LogP contribution in [0.5, 0.6) is 5.75 Å². The van der Waals surface area contributed by atoms with Gasteiger partial charge in [0.1, 0.15) is 11.6 Å². The number of aliphatic imine (C=N–C) groups is 1. The second kappa shape index (κ2) is 7.88. The maximum atomic E-state index is 6.02. The third-order valence-electron chi connectivity index (χ3n) is 4.20. The van der Waals surface area contributed by atoms with Crippen LogP contribution in [0.15, 0.2) is 41.4 Å². The number of aromatic nitrogens is 1. The summed E-state index contributed by atoms with van der Waals surface area (Å²) in [6.07, 6.45) is 2.47.